The molecule has 1 aliphatic carbocycles. The van der Waals surface area contributed by atoms with Gasteiger partial charge < -0.3 is 10.0 Å². The summed E-state index contributed by atoms with van der Waals surface area (Å²) in [4.78, 5) is 26.9. The number of rotatable bonds is 3. The van der Waals surface area contributed by atoms with Gasteiger partial charge in [0, 0.05) is 32.1 Å². The first-order valence-corrected chi connectivity index (χ1v) is 7.40. The number of piperazine rings is 1. The third-order valence-electron chi connectivity index (χ3n) is 4.25. The molecule has 0 atom stereocenters. The van der Waals surface area contributed by atoms with E-state index in [2.05, 4.69) is 0 Å². The van der Waals surface area contributed by atoms with E-state index in [4.69, 9.17) is 5.11 Å². The Kier molecular flexibility index (Phi) is 5.19. The van der Waals surface area contributed by atoms with Crippen LogP contribution in [-0.4, -0.2) is 59.5 Å². The lowest BCUT2D eigenvalue weighted by Gasteiger charge is -2.35. The van der Waals surface area contributed by atoms with Crippen LogP contribution in [0.3, 0.4) is 0 Å². The monoisotopic (exact) mass is 268 g/mol. The Bertz CT molecular complexity index is 317. The molecular formula is C14H24N2O3. The van der Waals surface area contributed by atoms with E-state index in [0.717, 1.165) is 12.8 Å². The number of aliphatic carboxylic acids is 1. The van der Waals surface area contributed by atoms with Crippen LogP contribution >= 0.6 is 0 Å². The van der Waals surface area contributed by atoms with Gasteiger partial charge in [-0.3, -0.25) is 14.5 Å². The van der Waals surface area contributed by atoms with Gasteiger partial charge in [-0.15, -0.1) is 0 Å². The van der Waals surface area contributed by atoms with Crippen molar-refractivity contribution in [2.75, 3.05) is 32.7 Å². The van der Waals surface area contributed by atoms with E-state index >= 15 is 0 Å². The van der Waals surface area contributed by atoms with Crippen molar-refractivity contribution in [3.05, 3.63) is 0 Å². The Labute approximate surface area is 114 Å². The maximum Gasteiger partial charge on any atom is 0.317 e. The SMILES string of the molecule is O=C(O)CN1CCN(C(=O)C2CCCCCC2)CC1. The van der Waals surface area contributed by atoms with Crippen LogP contribution in [0.4, 0.5) is 0 Å². The van der Waals surface area contributed by atoms with Gasteiger partial charge in [0.25, 0.3) is 0 Å². The average molecular weight is 268 g/mol. The van der Waals surface area contributed by atoms with E-state index in [1.807, 2.05) is 9.80 Å². The molecule has 2 rings (SSSR count). The third-order valence-corrected chi connectivity index (χ3v) is 4.25. The molecule has 5 heteroatoms. The number of carboxylic acid groups (broad SMARTS) is 1. The second kappa shape index (κ2) is 6.89. The molecule has 1 amide bonds. The zero-order valence-corrected chi connectivity index (χ0v) is 11.5. The molecule has 0 radical (unpaired) electrons. The summed E-state index contributed by atoms with van der Waals surface area (Å²) >= 11 is 0. The van der Waals surface area contributed by atoms with Crippen molar-refractivity contribution in [1.82, 2.24) is 9.80 Å². The number of carboxylic acids is 1. The zero-order valence-electron chi connectivity index (χ0n) is 11.5. The molecule has 1 N–H and O–H groups in total. The van der Waals surface area contributed by atoms with Gasteiger partial charge in [0.15, 0.2) is 0 Å². The molecule has 19 heavy (non-hydrogen) atoms. The van der Waals surface area contributed by atoms with Crippen molar-refractivity contribution >= 4 is 11.9 Å². The lowest BCUT2D eigenvalue weighted by atomic mass is 9.98. The Balaban J connectivity index is 1.79. The fourth-order valence-electron chi connectivity index (χ4n) is 3.10. The van der Waals surface area contributed by atoms with Crippen LogP contribution in [0.15, 0.2) is 0 Å². The number of carbonyl (C=O) groups excluding carboxylic acids is 1. The van der Waals surface area contributed by atoms with Gasteiger partial charge in [0.2, 0.25) is 5.91 Å². The summed E-state index contributed by atoms with van der Waals surface area (Å²) in [7, 11) is 0. The summed E-state index contributed by atoms with van der Waals surface area (Å²) in [5.41, 5.74) is 0. The molecule has 0 bridgehead atoms. The first-order valence-electron chi connectivity index (χ1n) is 7.40. The molecule has 1 saturated heterocycles. The fraction of sp³-hybridized carbons (Fsp3) is 0.857. The zero-order chi connectivity index (χ0) is 13.7. The van der Waals surface area contributed by atoms with E-state index in [9.17, 15) is 9.59 Å². The second-order valence-corrected chi connectivity index (χ2v) is 5.68. The molecule has 0 aromatic rings. The minimum atomic E-state index is -0.788. The molecule has 1 saturated carbocycles. The molecular weight excluding hydrogens is 244 g/mol. The van der Waals surface area contributed by atoms with Gasteiger partial charge in [0.05, 0.1) is 6.54 Å². The predicted molar refractivity (Wildman–Crippen MR) is 71.8 cm³/mol. The van der Waals surface area contributed by atoms with Gasteiger partial charge in [0.1, 0.15) is 0 Å². The Morgan fingerprint density at radius 2 is 1.53 bits per heavy atom. The second-order valence-electron chi connectivity index (χ2n) is 5.68. The topological polar surface area (TPSA) is 60.9 Å². The maximum atomic E-state index is 12.4. The molecule has 1 heterocycles. The maximum absolute atomic E-state index is 12.4. The van der Waals surface area contributed by atoms with E-state index in [1.54, 1.807) is 0 Å². The highest BCUT2D eigenvalue weighted by atomic mass is 16.4. The summed E-state index contributed by atoms with van der Waals surface area (Å²) in [5.74, 6) is -0.269. The van der Waals surface area contributed by atoms with Crippen molar-refractivity contribution in [2.45, 2.75) is 38.5 Å². The van der Waals surface area contributed by atoms with Crippen LogP contribution in [0.2, 0.25) is 0 Å². The Morgan fingerprint density at radius 1 is 0.947 bits per heavy atom. The number of hydrogen-bond acceptors (Lipinski definition) is 3. The quantitative estimate of drug-likeness (QED) is 0.781. The van der Waals surface area contributed by atoms with E-state index in [-0.39, 0.29) is 12.5 Å². The molecule has 2 fully saturated rings. The van der Waals surface area contributed by atoms with Crippen LogP contribution in [0.1, 0.15) is 38.5 Å². The number of amides is 1. The summed E-state index contributed by atoms with van der Waals surface area (Å²) in [6.45, 7) is 2.83. The van der Waals surface area contributed by atoms with E-state index in [0.29, 0.717) is 32.1 Å². The van der Waals surface area contributed by atoms with Crippen LogP contribution < -0.4 is 0 Å². The fourth-order valence-corrected chi connectivity index (χ4v) is 3.10. The number of hydrogen-bond donors (Lipinski definition) is 1. The highest BCUT2D eigenvalue weighted by molar-refractivity contribution is 5.79. The molecule has 0 unspecified atom stereocenters. The molecule has 0 aromatic carbocycles. The molecule has 108 valence electrons. The Hall–Kier alpha value is -1.10. The van der Waals surface area contributed by atoms with Gasteiger partial charge in [-0.25, -0.2) is 0 Å². The summed E-state index contributed by atoms with van der Waals surface area (Å²) in [6.07, 6.45) is 6.94. The van der Waals surface area contributed by atoms with E-state index < -0.39 is 5.97 Å². The summed E-state index contributed by atoms with van der Waals surface area (Å²) < 4.78 is 0. The number of nitrogens with zero attached hydrogens (tertiary/aromatic N) is 2. The largest absolute Gasteiger partial charge is 0.480 e. The minimum absolute atomic E-state index is 0.0887. The lowest BCUT2D eigenvalue weighted by Crippen LogP contribution is -2.51. The lowest BCUT2D eigenvalue weighted by molar-refractivity contribution is -0.140. The molecule has 5 nitrogen and oxygen atoms in total. The van der Waals surface area contributed by atoms with E-state index in [1.165, 1.54) is 25.7 Å². The van der Waals surface area contributed by atoms with Crippen molar-refractivity contribution in [3.8, 4) is 0 Å². The minimum Gasteiger partial charge on any atom is -0.480 e. The van der Waals surface area contributed by atoms with Crippen molar-refractivity contribution in [2.24, 2.45) is 5.92 Å². The standard InChI is InChI=1S/C14H24N2O3/c17-13(18)11-15-7-9-16(10-8-15)14(19)12-5-3-1-2-4-6-12/h12H,1-11H2,(H,17,18). The summed E-state index contributed by atoms with van der Waals surface area (Å²) in [5, 5.41) is 8.75. The first-order chi connectivity index (χ1) is 9.16. The van der Waals surface area contributed by atoms with Crippen LogP contribution in [-0.2, 0) is 9.59 Å². The summed E-state index contributed by atoms with van der Waals surface area (Å²) in [6, 6.07) is 0. The molecule has 1 aliphatic heterocycles. The van der Waals surface area contributed by atoms with Crippen molar-refractivity contribution in [1.29, 1.82) is 0 Å². The molecule has 0 aromatic heterocycles. The molecule has 0 spiro atoms. The van der Waals surface area contributed by atoms with Gasteiger partial charge >= 0.3 is 5.97 Å². The predicted octanol–water partition coefficient (Wildman–Crippen LogP) is 1.19. The highest BCUT2D eigenvalue weighted by Crippen LogP contribution is 2.25. The molecule has 2 aliphatic rings. The Morgan fingerprint density at radius 3 is 2.05 bits per heavy atom. The average Bonchev–Trinajstić information content (AvgIpc) is 2.67. The van der Waals surface area contributed by atoms with Crippen LogP contribution in [0.25, 0.3) is 0 Å². The highest BCUT2D eigenvalue weighted by Gasteiger charge is 2.28. The first kappa shape index (κ1) is 14.3. The smallest absolute Gasteiger partial charge is 0.317 e. The third kappa shape index (κ3) is 4.20. The van der Waals surface area contributed by atoms with Gasteiger partial charge in [-0.1, -0.05) is 25.7 Å². The van der Waals surface area contributed by atoms with Crippen LogP contribution in [0, 0.1) is 5.92 Å². The van der Waals surface area contributed by atoms with Crippen molar-refractivity contribution in [3.63, 3.8) is 0 Å². The normalized spacial score (nSPS) is 23.1. The van der Waals surface area contributed by atoms with Crippen LogP contribution in [0.5, 0.6) is 0 Å². The van der Waals surface area contributed by atoms with Gasteiger partial charge in [-0.2, -0.15) is 0 Å². The van der Waals surface area contributed by atoms with Crippen molar-refractivity contribution < 1.29 is 14.7 Å². The van der Waals surface area contributed by atoms with Gasteiger partial charge in [-0.05, 0) is 12.8 Å². The number of carbonyl (C=O) groups is 2.